The first kappa shape index (κ1) is 16.0. The van der Waals surface area contributed by atoms with E-state index in [0.29, 0.717) is 6.04 Å². The Morgan fingerprint density at radius 3 is 2.83 bits per heavy atom. The molecule has 3 nitrogen and oxygen atoms in total. The molecule has 4 heteroatoms. The van der Waals surface area contributed by atoms with E-state index in [9.17, 15) is 0 Å². The minimum Gasteiger partial charge on any atom is -0.318 e. The molecule has 0 bridgehead atoms. The quantitative estimate of drug-likeness (QED) is 0.626. The molecule has 0 fully saturated rings. The lowest BCUT2D eigenvalue weighted by Gasteiger charge is -2.28. The molecule has 0 saturated heterocycles. The summed E-state index contributed by atoms with van der Waals surface area (Å²) in [5, 5.41) is 4.40. The largest absolute Gasteiger partial charge is 0.318 e. The third-order valence-corrected chi connectivity index (χ3v) is 5.03. The topological polar surface area (TPSA) is 21.1 Å². The maximum Gasteiger partial charge on any atom is 0.0636 e. The van der Waals surface area contributed by atoms with Crippen LogP contribution in [0.25, 0.3) is 5.69 Å². The highest BCUT2D eigenvalue weighted by Gasteiger charge is 2.15. The number of pyridine rings is 1. The lowest BCUT2D eigenvalue weighted by molar-refractivity contribution is 0.183. The second kappa shape index (κ2) is 7.57. The van der Waals surface area contributed by atoms with Crippen LogP contribution in [0.5, 0.6) is 0 Å². The monoisotopic (exact) mass is 325 g/mol. The normalized spacial score (nSPS) is 12.7. The van der Waals surface area contributed by atoms with Crippen molar-refractivity contribution in [1.29, 1.82) is 0 Å². The Morgan fingerprint density at radius 2 is 2.13 bits per heavy atom. The van der Waals surface area contributed by atoms with Gasteiger partial charge in [-0.15, -0.1) is 0 Å². The standard InChI is InChI=1S/C19H23N3S/c1-3-16(2)21(13-17-8-11-23-15-17)14-19-7-5-10-22(19)18-6-4-9-20-12-18/h4-12,15-16H,3,13-14H2,1-2H3/t16-/m0/s1. The fourth-order valence-corrected chi connectivity index (χ4v) is 3.40. The summed E-state index contributed by atoms with van der Waals surface area (Å²) in [5.41, 5.74) is 3.82. The Bertz CT molecular complexity index is 703. The first-order valence-electron chi connectivity index (χ1n) is 8.09. The van der Waals surface area contributed by atoms with Crippen LogP contribution in [0.3, 0.4) is 0 Å². The third-order valence-electron chi connectivity index (χ3n) is 4.30. The van der Waals surface area contributed by atoms with E-state index < -0.39 is 0 Å². The van der Waals surface area contributed by atoms with Crippen LogP contribution >= 0.6 is 11.3 Å². The number of hydrogen-bond donors (Lipinski definition) is 0. The number of rotatable bonds is 7. The van der Waals surface area contributed by atoms with Gasteiger partial charge < -0.3 is 4.57 Å². The molecular weight excluding hydrogens is 302 g/mol. The van der Waals surface area contributed by atoms with Gasteiger partial charge in [-0.2, -0.15) is 11.3 Å². The van der Waals surface area contributed by atoms with Crippen molar-refractivity contribution in [1.82, 2.24) is 14.5 Å². The maximum absolute atomic E-state index is 4.24. The molecule has 3 aromatic heterocycles. The van der Waals surface area contributed by atoms with Gasteiger partial charge in [-0.1, -0.05) is 6.92 Å². The molecule has 0 spiro atoms. The van der Waals surface area contributed by atoms with Gasteiger partial charge in [0, 0.05) is 37.2 Å². The molecule has 0 N–H and O–H groups in total. The molecule has 23 heavy (non-hydrogen) atoms. The van der Waals surface area contributed by atoms with Gasteiger partial charge in [0.2, 0.25) is 0 Å². The van der Waals surface area contributed by atoms with Crippen molar-refractivity contribution < 1.29 is 0 Å². The lowest BCUT2D eigenvalue weighted by Crippen LogP contribution is -2.32. The zero-order valence-corrected chi connectivity index (χ0v) is 14.5. The van der Waals surface area contributed by atoms with Crippen LogP contribution in [0.15, 0.2) is 59.7 Å². The van der Waals surface area contributed by atoms with Crippen molar-refractivity contribution in [2.45, 2.75) is 39.4 Å². The van der Waals surface area contributed by atoms with Gasteiger partial charge in [0.25, 0.3) is 0 Å². The van der Waals surface area contributed by atoms with E-state index in [1.165, 1.54) is 11.3 Å². The fourth-order valence-electron chi connectivity index (χ4n) is 2.74. The van der Waals surface area contributed by atoms with Crippen LogP contribution in [-0.4, -0.2) is 20.5 Å². The number of hydrogen-bond acceptors (Lipinski definition) is 3. The zero-order valence-electron chi connectivity index (χ0n) is 13.7. The summed E-state index contributed by atoms with van der Waals surface area (Å²) in [6.45, 7) is 6.50. The van der Waals surface area contributed by atoms with E-state index >= 15 is 0 Å². The van der Waals surface area contributed by atoms with Crippen LogP contribution in [-0.2, 0) is 13.1 Å². The van der Waals surface area contributed by atoms with Gasteiger partial charge >= 0.3 is 0 Å². The fraction of sp³-hybridized carbons (Fsp3) is 0.316. The van der Waals surface area contributed by atoms with Gasteiger partial charge in [-0.3, -0.25) is 9.88 Å². The molecule has 0 saturated carbocycles. The Labute approximate surface area is 142 Å². The lowest BCUT2D eigenvalue weighted by atomic mass is 10.2. The number of thiophene rings is 1. The Hall–Kier alpha value is -1.91. The third kappa shape index (κ3) is 3.89. The summed E-state index contributed by atoms with van der Waals surface area (Å²) >= 11 is 1.77. The minimum atomic E-state index is 0.548. The maximum atomic E-state index is 4.24. The Balaban J connectivity index is 1.82. The minimum absolute atomic E-state index is 0.548. The van der Waals surface area contributed by atoms with E-state index in [1.54, 1.807) is 11.3 Å². The van der Waals surface area contributed by atoms with Crippen LogP contribution < -0.4 is 0 Å². The van der Waals surface area contributed by atoms with Crippen molar-refractivity contribution in [3.05, 3.63) is 70.9 Å². The molecule has 3 rings (SSSR count). The SMILES string of the molecule is CC[C@H](C)N(Cc1ccsc1)Cc1cccn1-c1cccnc1. The number of nitrogens with zero attached hydrogens (tertiary/aromatic N) is 3. The predicted molar refractivity (Wildman–Crippen MR) is 96.9 cm³/mol. The molecule has 120 valence electrons. The van der Waals surface area contributed by atoms with Crippen molar-refractivity contribution in [2.24, 2.45) is 0 Å². The van der Waals surface area contributed by atoms with Crippen molar-refractivity contribution >= 4 is 11.3 Å². The van der Waals surface area contributed by atoms with Crippen molar-refractivity contribution in [3.63, 3.8) is 0 Å². The highest BCUT2D eigenvalue weighted by Crippen LogP contribution is 2.19. The summed E-state index contributed by atoms with van der Waals surface area (Å²) in [5.74, 6) is 0. The van der Waals surface area contributed by atoms with E-state index in [-0.39, 0.29) is 0 Å². The second-order valence-electron chi connectivity index (χ2n) is 5.87. The number of aromatic nitrogens is 2. The Morgan fingerprint density at radius 1 is 1.22 bits per heavy atom. The molecular formula is C19H23N3S. The van der Waals surface area contributed by atoms with Gasteiger partial charge in [0.05, 0.1) is 11.9 Å². The predicted octanol–water partition coefficient (Wildman–Crippen LogP) is 4.73. The first-order valence-corrected chi connectivity index (χ1v) is 9.04. The highest BCUT2D eigenvalue weighted by atomic mass is 32.1. The van der Waals surface area contributed by atoms with E-state index in [1.807, 2.05) is 18.5 Å². The second-order valence-corrected chi connectivity index (χ2v) is 6.65. The van der Waals surface area contributed by atoms with E-state index in [0.717, 1.165) is 25.2 Å². The molecule has 0 radical (unpaired) electrons. The smallest absolute Gasteiger partial charge is 0.0636 e. The summed E-state index contributed by atoms with van der Waals surface area (Å²) in [6, 6.07) is 11.2. The van der Waals surface area contributed by atoms with Crippen molar-refractivity contribution in [3.8, 4) is 5.69 Å². The van der Waals surface area contributed by atoms with Crippen molar-refractivity contribution in [2.75, 3.05) is 0 Å². The molecule has 1 atom stereocenters. The average Bonchev–Trinajstić information content (AvgIpc) is 3.26. The molecule has 3 heterocycles. The van der Waals surface area contributed by atoms with Gasteiger partial charge in [-0.05, 0) is 60.0 Å². The zero-order chi connectivity index (χ0) is 16.1. The summed E-state index contributed by atoms with van der Waals surface area (Å²) in [6.07, 6.45) is 6.99. The molecule has 0 amide bonds. The summed E-state index contributed by atoms with van der Waals surface area (Å²) in [7, 11) is 0. The van der Waals surface area contributed by atoms with E-state index in [2.05, 4.69) is 69.5 Å². The highest BCUT2D eigenvalue weighted by molar-refractivity contribution is 7.07. The van der Waals surface area contributed by atoms with Gasteiger partial charge in [0.15, 0.2) is 0 Å². The van der Waals surface area contributed by atoms with Crippen LogP contribution in [0.2, 0.25) is 0 Å². The molecule has 0 aliphatic heterocycles. The molecule has 0 unspecified atom stereocenters. The molecule has 0 aliphatic carbocycles. The van der Waals surface area contributed by atoms with Gasteiger partial charge in [-0.25, -0.2) is 0 Å². The first-order chi connectivity index (χ1) is 11.3. The molecule has 0 aromatic carbocycles. The van der Waals surface area contributed by atoms with Crippen LogP contribution in [0.1, 0.15) is 31.5 Å². The van der Waals surface area contributed by atoms with Gasteiger partial charge in [0.1, 0.15) is 0 Å². The average molecular weight is 325 g/mol. The van der Waals surface area contributed by atoms with Crippen LogP contribution in [0.4, 0.5) is 0 Å². The molecule has 3 aromatic rings. The summed E-state index contributed by atoms with van der Waals surface area (Å²) in [4.78, 5) is 6.79. The van der Waals surface area contributed by atoms with Crippen LogP contribution in [0, 0.1) is 0 Å². The summed E-state index contributed by atoms with van der Waals surface area (Å²) < 4.78 is 2.23. The molecule has 0 aliphatic rings. The Kier molecular flexibility index (Phi) is 5.26. The van der Waals surface area contributed by atoms with E-state index in [4.69, 9.17) is 0 Å².